The van der Waals surface area contributed by atoms with Gasteiger partial charge in [0.15, 0.2) is 0 Å². The van der Waals surface area contributed by atoms with Crippen molar-refractivity contribution in [2.24, 2.45) is 0 Å². The molecule has 7 heteroatoms. The van der Waals surface area contributed by atoms with Gasteiger partial charge in [0.25, 0.3) is 0 Å². The summed E-state index contributed by atoms with van der Waals surface area (Å²) >= 11 is -0.934. The summed E-state index contributed by atoms with van der Waals surface area (Å²) in [7, 11) is -2.58. The van der Waals surface area contributed by atoms with Crippen LogP contribution >= 0.6 is 0 Å². The zero-order valence-electron chi connectivity index (χ0n) is 15.2. The van der Waals surface area contributed by atoms with E-state index in [4.69, 9.17) is 4.74 Å². The fraction of sp³-hybridized carbons (Fsp3) is 0.200. The Hall–Kier alpha value is -1.52. The zero-order chi connectivity index (χ0) is 20.0. The molecule has 0 fully saturated rings. The van der Waals surface area contributed by atoms with Crippen LogP contribution in [0, 0.1) is 10.5 Å². The van der Waals surface area contributed by atoms with Crippen LogP contribution in [0.4, 0.5) is 0 Å². The Morgan fingerprint density at radius 2 is 1.67 bits per heavy atom. The average molecular weight is 500 g/mol. The van der Waals surface area contributed by atoms with E-state index in [9.17, 15) is 16.4 Å². The van der Waals surface area contributed by atoms with Gasteiger partial charge >= 0.3 is 21.6 Å². The molecule has 3 aromatic carbocycles. The number of halogens is 1. The van der Waals surface area contributed by atoms with Crippen LogP contribution in [0.5, 0.6) is 0 Å². The van der Waals surface area contributed by atoms with Gasteiger partial charge in [0.1, 0.15) is 10.1 Å². The molecule has 0 spiro atoms. The SMILES string of the molecule is CO[C@@H](C)c1ccc2ccccc2c1[I+]O.Cc1ccc(S(=O)(=O)[O-])cc1. The van der Waals surface area contributed by atoms with Crippen LogP contribution in [-0.4, -0.2) is 23.5 Å². The first-order valence-corrected chi connectivity index (χ1v) is 11.6. The second-order valence-electron chi connectivity index (χ2n) is 5.92. The first-order valence-electron chi connectivity index (χ1n) is 8.13. The Balaban J connectivity index is 0.000000208. The molecule has 0 unspecified atom stereocenters. The minimum atomic E-state index is -4.27. The lowest BCUT2D eigenvalue weighted by molar-refractivity contribution is -0.865. The highest BCUT2D eigenvalue weighted by atomic mass is 127. The largest absolute Gasteiger partial charge is 0.744 e. The number of aryl methyl sites for hydroxylation is 1. The highest BCUT2D eigenvalue weighted by Gasteiger charge is 2.23. The highest BCUT2D eigenvalue weighted by Crippen LogP contribution is 2.22. The van der Waals surface area contributed by atoms with Crippen LogP contribution < -0.4 is 21.6 Å². The van der Waals surface area contributed by atoms with E-state index in [0.29, 0.717) is 0 Å². The maximum atomic E-state index is 10.4. The molecular weight excluding hydrogens is 479 g/mol. The van der Waals surface area contributed by atoms with E-state index in [1.165, 1.54) is 17.5 Å². The second-order valence-corrected chi connectivity index (χ2v) is 8.86. The van der Waals surface area contributed by atoms with Gasteiger partial charge < -0.3 is 9.29 Å². The first kappa shape index (κ1) is 21.8. The van der Waals surface area contributed by atoms with Crippen molar-refractivity contribution < 1.29 is 42.8 Å². The molecular formula is C20H21IO5S. The molecule has 0 heterocycles. The van der Waals surface area contributed by atoms with Gasteiger partial charge in [-0.2, -0.15) is 3.44 Å². The predicted molar refractivity (Wildman–Crippen MR) is 99.4 cm³/mol. The minimum Gasteiger partial charge on any atom is -0.744 e. The van der Waals surface area contributed by atoms with Crippen LogP contribution in [-0.2, 0) is 14.9 Å². The number of hydrogen-bond acceptors (Lipinski definition) is 5. The summed E-state index contributed by atoms with van der Waals surface area (Å²) in [4.78, 5) is -0.178. The molecule has 5 nitrogen and oxygen atoms in total. The molecule has 27 heavy (non-hydrogen) atoms. The van der Waals surface area contributed by atoms with Crippen molar-refractivity contribution in [3.8, 4) is 0 Å². The Bertz CT molecular complexity index is 1000. The molecule has 0 amide bonds. The molecule has 3 aromatic rings. The van der Waals surface area contributed by atoms with Crippen molar-refractivity contribution in [2.45, 2.75) is 24.8 Å². The third kappa shape index (κ3) is 5.73. The molecule has 0 aliphatic rings. The van der Waals surface area contributed by atoms with E-state index in [0.717, 1.165) is 20.1 Å². The van der Waals surface area contributed by atoms with Crippen LogP contribution in [0.3, 0.4) is 0 Å². The van der Waals surface area contributed by atoms with Crippen molar-refractivity contribution in [2.75, 3.05) is 7.11 Å². The normalized spacial score (nSPS) is 12.3. The van der Waals surface area contributed by atoms with Gasteiger partial charge in [-0.3, -0.25) is 0 Å². The quantitative estimate of drug-likeness (QED) is 0.419. The smallest absolute Gasteiger partial charge is 0.520 e. The van der Waals surface area contributed by atoms with Gasteiger partial charge in [-0.05, 0) is 37.4 Å². The predicted octanol–water partition coefficient (Wildman–Crippen LogP) is 0.612. The third-order valence-electron chi connectivity index (χ3n) is 4.08. The van der Waals surface area contributed by atoms with E-state index < -0.39 is 31.7 Å². The molecule has 0 aliphatic heterocycles. The molecule has 0 bridgehead atoms. The van der Waals surface area contributed by atoms with Crippen LogP contribution in [0.1, 0.15) is 24.2 Å². The number of benzene rings is 3. The molecule has 3 rings (SSSR count). The lowest BCUT2D eigenvalue weighted by atomic mass is 10.0. The Kier molecular flexibility index (Phi) is 7.75. The molecule has 1 atom stereocenters. The lowest BCUT2D eigenvalue weighted by Gasteiger charge is -2.10. The summed E-state index contributed by atoms with van der Waals surface area (Å²) in [6, 6.07) is 18.1. The molecule has 0 radical (unpaired) electrons. The van der Waals surface area contributed by atoms with Gasteiger partial charge in [-0.1, -0.05) is 48.0 Å². The van der Waals surface area contributed by atoms with Crippen molar-refractivity contribution in [3.63, 3.8) is 0 Å². The summed E-state index contributed by atoms with van der Waals surface area (Å²) in [5.41, 5.74) is 2.04. The average Bonchev–Trinajstić information content (AvgIpc) is 2.66. The van der Waals surface area contributed by atoms with Gasteiger partial charge in [0, 0.05) is 18.1 Å². The van der Waals surface area contributed by atoms with Crippen LogP contribution in [0.15, 0.2) is 65.6 Å². The van der Waals surface area contributed by atoms with E-state index in [1.807, 2.05) is 26.0 Å². The van der Waals surface area contributed by atoms with Crippen molar-refractivity contribution in [1.29, 1.82) is 0 Å². The Morgan fingerprint density at radius 1 is 1.04 bits per heavy atom. The van der Waals surface area contributed by atoms with E-state index in [1.54, 1.807) is 19.2 Å². The number of hydrogen-bond donors (Lipinski definition) is 1. The van der Waals surface area contributed by atoms with Crippen molar-refractivity contribution >= 4 is 20.9 Å². The number of rotatable bonds is 4. The summed E-state index contributed by atoms with van der Waals surface area (Å²) in [5.74, 6) is 0. The van der Waals surface area contributed by atoms with Gasteiger partial charge in [0.2, 0.25) is 3.57 Å². The Morgan fingerprint density at radius 3 is 2.22 bits per heavy atom. The third-order valence-corrected chi connectivity index (χ3v) is 6.61. The number of fused-ring (bicyclic) bond motifs is 1. The molecule has 0 aliphatic carbocycles. The maximum absolute atomic E-state index is 10.4. The zero-order valence-corrected chi connectivity index (χ0v) is 18.2. The highest BCUT2D eigenvalue weighted by molar-refractivity contribution is 7.85. The van der Waals surface area contributed by atoms with E-state index in [2.05, 4.69) is 24.3 Å². The molecule has 144 valence electrons. The fourth-order valence-corrected chi connectivity index (χ4v) is 4.61. The van der Waals surface area contributed by atoms with Crippen LogP contribution in [0.25, 0.3) is 10.8 Å². The van der Waals surface area contributed by atoms with E-state index >= 15 is 0 Å². The molecule has 0 saturated carbocycles. The summed E-state index contributed by atoms with van der Waals surface area (Å²) < 4.78 is 47.2. The second kappa shape index (κ2) is 9.61. The minimum absolute atomic E-state index is 0.0338. The van der Waals surface area contributed by atoms with E-state index in [-0.39, 0.29) is 11.0 Å². The summed E-state index contributed by atoms with van der Waals surface area (Å²) in [6.45, 7) is 3.83. The summed E-state index contributed by atoms with van der Waals surface area (Å²) in [5, 5.41) is 2.33. The summed E-state index contributed by atoms with van der Waals surface area (Å²) in [6.07, 6.45) is 0.0338. The standard InChI is InChI=1S/C13H14IO2.C7H8O3S/c1-9(16-2)11-8-7-10-5-3-4-6-12(10)13(11)14-15;1-6-2-4-7(5-3-6)11(8,9)10/h3-9,15H,1-2H3;2-5H,1H3,(H,8,9,10)/q+1;/p-1/t9-;/m0./s1. The number of methoxy groups -OCH3 is 1. The van der Waals surface area contributed by atoms with Gasteiger partial charge in [-0.25, -0.2) is 8.42 Å². The van der Waals surface area contributed by atoms with Gasteiger partial charge in [0.05, 0.1) is 11.0 Å². The fourth-order valence-electron chi connectivity index (χ4n) is 2.49. The molecule has 0 aromatic heterocycles. The van der Waals surface area contributed by atoms with Crippen molar-refractivity contribution in [1.82, 2.24) is 0 Å². The molecule has 0 saturated heterocycles. The van der Waals surface area contributed by atoms with Crippen molar-refractivity contribution in [3.05, 3.63) is 75.4 Å². The monoisotopic (exact) mass is 500 g/mol. The van der Waals surface area contributed by atoms with Crippen LogP contribution in [0.2, 0.25) is 0 Å². The maximum Gasteiger partial charge on any atom is 0.520 e. The van der Waals surface area contributed by atoms with Gasteiger partial charge in [-0.15, -0.1) is 0 Å². The molecule has 1 N–H and O–H groups in total. The first-order chi connectivity index (χ1) is 12.8. The Labute approximate surface area is 170 Å². The lowest BCUT2D eigenvalue weighted by Crippen LogP contribution is -3.61. The topological polar surface area (TPSA) is 86.7 Å². The number of ether oxygens (including phenoxy) is 1.